The lowest BCUT2D eigenvalue weighted by atomic mass is 10.2. The van der Waals surface area contributed by atoms with Gasteiger partial charge in [-0.15, -0.1) is 0 Å². The second kappa shape index (κ2) is 8.05. The molecular formula is C17H19Cl2O3PS. The van der Waals surface area contributed by atoms with E-state index in [1.54, 1.807) is 36.4 Å². The van der Waals surface area contributed by atoms with Crippen LogP contribution in [0.2, 0.25) is 10.0 Å². The zero-order valence-corrected chi connectivity index (χ0v) is 17.1. The van der Waals surface area contributed by atoms with Crippen molar-refractivity contribution < 1.29 is 13.6 Å². The summed E-state index contributed by atoms with van der Waals surface area (Å²) in [7, 11) is 0. The molecule has 0 fully saturated rings. The molecule has 3 nitrogen and oxygen atoms in total. The van der Waals surface area contributed by atoms with Crippen LogP contribution in [0.5, 0.6) is 11.5 Å². The molecule has 0 radical (unpaired) electrons. The number of hydrogen-bond acceptors (Lipinski definition) is 4. The van der Waals surface area contributed by atoms with Crippen LogP contribution in [0.3, 0.4) is 0 Å². The highest BCUT2D eigenvalue weighted by Gasteiger charge is 2.31. The van der Waals surface area contributed by atoms with Gasteiger partial charge in [0.1, 0.15) is 11.5 Å². The molecule has 0 atom stereocenters. The molecule has 0 aromatic heterocycles. The minimum atomic E-state index is -3.46. The quantitative estimate of drug-likeness (QED) is 0.472. The summed E-state index contributed by atoms with van der Waals surface area (Å²) in [6.45, 7) is 4.13. The van der Waals surface area contributed by atoms with E-state index < -0.39 is 6.80 Å². The van der Waals surface area contributed by atoms with Gasteiger partial charge in [0, 0.05) is 15.3 Å². The molecule has 0 spiro atoms. The molecule has 7 heteroatoms. The maximum atomic E-state index is 13.2. The number of rotatable bonds is 6. The Labute approximate surface area is 156 Å². The van der Waals surface area contributed by atoms with Gasteiger partial charge in [0.15, 0.2) is 0 Å². The van der Waals surface area contributed by atoms with Gasteiger partial charge in [0.2, 0.25) is 0 Å². The first kappa shape index (κ1) is 19.5. The maximum absolute atomic E-state index is 13.2. The van der Waals surface area contributed by atoms with Gasteiger partial charge in [-0.1, -0.05) is 37.0 Å². The molecule has 0 saturated heterocycles. The van der Waals surface area contributed by atoms with E-state index in [1.807, 2.05) is 27.7 Å². The van der Waals surface area contributed by atoms with Crippen LogP contribution < -0.4 is 9.05 Å². The fourth-order valence-electron chi connectivity index (χ4n) is 1.93. The maximum Gasteiger partial charge on any atom is 0.493 e. The zero-order valence-electron chi connectivity index (χ0n) is 13.9. The zero-order chi connectivity index (χ0) is 17.9. The predicted molar refractivity (Wildman–Crippen MR) is 104 cm³/mol. The van der Waals surface area contributed by atoms with Crippen molar-refractivity contribution in [2.45, 2.75) is 32.9 Å². The number of benzene rings is 2. The van der Waals surface area contributed by atoms with Gasteiger partial charge in [-0.3, -0.25) is 0 Å². The molecule has 0 aliphatic carbocycles. The van der Waals surface area contributed by atoms with Crippen molar-refractivity contribution in [3.8, 4) is 11.5 Å². The van der Waals surface area contributed by atoms with Crippen molar-refractivity contribution in [3.05, 3.63) is 57.6 Å². The Hall–Kier alpha value is -0.800. The van der Waals surface area contributed by atoms with Gasteiger partial charge in [0.05, 0.1) is 0 Å². The Morgan fingerprint density at radius 2 is 1.33 bits per heavy atom. The fourth-order valence-corrected chi connectivity index (χ4v) is 5.87. The number of aryl methyl sites for hydroxylation is 2. The molecule has 2 rings (SSSR count). The lowest BCUT2D eigenvalue weighted by Crippen LogP contribution is -2.01. The molecule has 0 saturated carbocycles. The van der Waals surface area contributed by atoms with Crippen molar-refractivity contribution in [2.24, 2.45) is 0 Å². The highest BCUT2D eigenvalue weighted by atomic mass is 35.5. The largest absolute Gasteiger partial charge is 0.493 e. The van der Waals surface area contributed by atoms with Crippen LogP contribution >= 0.6 is 41.4 Å². The molecule has 2 aromatic carbocycles. The van der Waals surface area contributed by atoms with Crippen LogP contribution in [-0.2, 0) is 4.57 Å². The lowest BCUT2D eigenvalue weighted by Gasteiger charge is -2.21. The summed E-state index contributed by atoms with van der Waals surface area (Å²) < 4.78 is 24.7. The Bertz CT molecular complexity index is 723. The van der Waals surface area contributed by atoms with Crippen molar-refractivity contribution in [1.29, 1.82) is 0 Å². The van der Waals surface area contributed by atoms with Crippen molar-refractivity contribution in [1.82, 2.24) is 0 Å². The molecule has 0 bridgehead atoms. The van der Waals surface area contributed by atoms with E-state index in [9.17, 15) is 4.57 Å². The van der Waals surface area contributed by atoms with Gasteiger partial charge < -0.3 is 9.05 Å². The van der Waals surface area contributed by atoms with Crippen LogP contribution in [0, 0.1) is 13.8 Å². The summed E-state index contributed by atoms with van der Waals surface area (Å²) in [6.07, 6.45) is 0. The highest BCUT2D eigenvalue weighted by molar-refractivity contribution is 8.55. The monoisotopic (exact) mass is 404 g/mol. The molecule has 130 valence electrons. The van der Waals surface area contributed by atoms with Crippen molar-refractivity contribution in [3.63, 3.8) is 0 Å². The number of halogens is 2. The molecule has 0 amide bonds. The second-order valence-electron chi connectivity index (χ2n) is 5.61. The second-order valence-corrected chi connectivity index (χ2v) is 10.8. The van der Waals surface area contributed by atoms with Crippen LogP contribution in [0.4, 0.5) is 0 Å². The third-order valence-corrected chi connectivity index (χ3v) is 7.92. The first-order chi connectivity index (χ1) is 11.2. The van der Waals surface area contributed by atoms with E-state index in [0.717, 1.165) is 22.5 Å². The summed E-state index contributed by atoms with van der Waals surface area (Å²) in [4.78, 5) is 0. The average Bonchev–Trinajstić information content (AvgIpc) is 2.46. The smallest absolute Gasteiger partial charge is 0.408 e. The van der Waals surface area contributed by atoms with Crippen molar-refractivity contribution in [2.75, 3.05) is 0 Å². The topological polar surface area (TPSA) is 35.5 Å². The van der Waals surface area contributed by atoms with Crippen LogP contribution in [0.15, 0.2) is 36.4 Å². The van der Waals surface area contributed by atoms with E-state index >= 15 is 0 Å². The Morgan fingerprint density at radius 1 is 0.917 bits per heavy atom. The Morgan fingerprint density at radius 3 is 1.67 bits per heavy atom. The molecule has 24 heavy (non-hydrogen) atoms. The van der Waals surface area contributed by atoms with Gasteiger partial charge in [-0.05, 0) is 72.8 Å². The number of hydrogen-bond donors (Lipinski definition) is 0. The molecule has 0 N–H and O–H groups in total. The minimum Gasteiger partial charge on any atom is -0.408 e. The van der Waals surface area contributed by atoms with Gasteiger partial charge in [-0.2, -0.15) is 0 Å². The molecule has 2 aromatic rings. The third kappa shape index (κ3) is 5.35. The molecule has 0 unspecified atom stereocenters. The normalized spacial score (nSPS) is 11.6. The third-order valence-electron chi connectivity index (χ3n) is 3.03. The standard InChI is InChI=1S/C17H19Cl2O3PS/c1-11(2)24-23(20,21-14-5-7-16(18)12(3)9-14)22-15-6-8-17(19)13(4)10-15/h5-11H,1-4H3. The fraction of sp³-hybridized carbons (Fsp3) is 0.294. The van der Waals surface area contributed by atoms with Gasteiger partial charge in [-0.25, -0.2) is 4.57 Å². The Kier molecular flexibility index (Phi) is 6.55. The van der Waals surface area contributed by atoms with Gasteiger partial charge >= 0.3 is 6.80 Å². The molecule has 0 aliphatic heterocycles. The van der Waals surface area contributed by atoms with Crippen molar-refractivity contribution >= 4 is 41.4 Å². The van der Waals surface area contributed by atoms with E-state index in [2.05, 4.69) is 0 Å². The summed E-state index contributed by atoms with van der Waals surface area (Å²) in [5.74, 6) is 0.915. The summed E-state index contributed by atoms with van der Waals surface area (Å²) in [5.41, 5.74) is 1.69. The first-order valence-electron chi connectivity index (χ1n) is 7.38. The Balaban J connectivity index is 2.29. The van der Waals surface area contributed by atoms with Crippen LogP contribution in [0.1, 0.15) is 25.0 Å². The average molecular weight is 405 g/mol. The highest BCUT2D eigenvalue weighted by Crippen LogP contribution is 2.61. The van der Waals surface area contributed by atoms with E-state index in [-0.39, 0.29) is 5.25 Å². The first-order valence-corrected chi connectivity index (χ1v) is 11.2. The summed E-state index contributed by atoms with van der Waals surface area (Å²) in [6, 6.07) is 10.3. The molecule has 0 aliphatic rings. The van der Waals surface area contributed by atoms with Crippen LogP contribution in [-0.4, -0.2) is 5.25 Å². The van der Waals surface area contributed by atoms with E-state index in [0.29, 0.717) is 21.5 Å². The summed E-state index contributed by atoms with van der Waals surface area (Å²) >= 11 is 13.2. The molecular weight excluding hydrogens is 386 g/mol. The van der Waals surface area contributed by atoms with Gasteiger partial charge in [0.25, 0.3) is 0 Å². The van der Waals surface area contributed by atoms with E-state index in [1.165, 1.54) is 0 Å². The summed E-state index contributed by atoms with van der Waals surface area (Å²) in [5, 5.41) is 1.32. The van der Waals surface area contributed by atoms with Crippen LogP contribution in [0.25, 0.3) is 0 Å². The van der Waals surface area contributed by atoms with E-state index in [4.69, 9.17) is 32.2 Å². The lowest BCUT2D eigenvalue weighted by molar-refractivity contribution is 0.407. The SMILES string of the molecule is Cc1cc(OP(=O)(Oc2ccc(Cl)c(C)c2)SC(C)C)ccc1Cl. The molecule has 0 heterocycles. The minimum absolute atomic E-state index is 0.0672. The predicted octanol–water partition coefficient (Wildman–Crippen LogP) is 7.32.